The Morgan fingerprint density at radius 2 is 1.22 bits per heavy atom. The molecule has 9 N–H and O–H groups in total. The zero-order chi connectivity index (χ0) is 18.6. The van der Waals surface area contributed by atoms with E-state index >= 15 is 0 Å². The van der Waals surface area contributed by atoms with Crippen molar-refractivity contribution in [1.82, 2.24) is 0 Å². The van der Waals surface area contributed by atoms with Crippen LogP contribution >= 0.6 is 23.5 Å². The first-order valence-electron chi connectivity index (χ1n) is 5.25. The maximum Gasteiger partial charge on any atom is 0.490 e. The normalized spacial score (nSPS) is 29.1. The van der Waals surface area contributed by atoms with Crippen LogP contribution in [0.2, 0.25) is 0 Å². The summed E-state index contributed by atoms with van der Waals surface area (Å²) in [5, 5.41) is 35.0. The lowest BCUT2D eigenvalue weighted by Gasteiger charge is -2.11. The fourth-order valence-electron chi connectivity index (χ4n) is 1.16. The monoisotopic (exact) mass is 408 g/mol. The molecular weight excluding hydrogens is 393 g/mol. The average molecular weight is 408 g/mol. The van der Waals surface area contributed by atoms with Crippen LogP contribution in [0.5, 0.6) is 0 Å². The number of aliphatic hydroxyl groups excluding tert-OH is 4. The number of ether oxygens (including phenoxy) is 1. The molecule has 0 radical (unpaired) electrons. The van der Waals surface area contributed by atoms with Gasteiger partial charge in [-0.05, 0) is 0 Å². The average Bonchev–Trinajstić information content (AvgIpc) is 2.50. The van der Waals surface area contributed by atoms with Gasteiger partial charge in [-0.1, -0.05) is 0 Å². The Morgan fingerprint density at radius 1 is 0.826 bits per heavy atom. The lowest BCUT2D eigenvalue weighted by atomic mass is 10.1. The summed E-state index contributed by atoms with van der Waals surface area (Å²) in [6, 6.07) is 0. The number of aliphatic hydroxyl groups is 4. The Morgan fingerprint density at radius 3 is 1.39 bits per heavy atom. The predicted octanol–water partition coefficient (Wildman–Crippen LogP) is -3.28. The van der Waals surface area contributed by atoms with Gasteiger partial charge in [0.15, 0.2) is 6.29 Å². The summed E-state index contributed by atoms with van der Waals surface area (Å²) in [6.07, 6.45) is -4.76. The summed E-state index contributed by atoms with van der Waals surface area (Å²) in [7, 11) is -16.2. The summed E-state index contributed by atoms with van der Waals surface area (Å²) < 4.78 is 40.9. The molecule has 18 heteroatoms. The van der Waals surface area contributed by atoms with E-state index in [1.54, 1.807) is 0 Å². The second-order valence-corrected chi connectivity index (χ2v) is 8.05. The maximum atomic E-state index is 10.4. The van der Waals surface area contributed by atoms with Gasteiger partial charge in [-0.3, -0.25) is 0 Å². The van der Waals surface area contributed by atoms with Gasteiger partial charge < -0.3 is 49.6 Å². The van der Waals surface area contributed by atoms with Gasteiger partial charge in [0.05, 0.1) is 6.61 Å². The van der Waals surface area contributed by atoms with Gasteiger partial charge in [-0.2, -0.15) is 8.62 Å². The van der Waals surface area contributed by atoms with Gasteiger partial charge in [-0.25, -0.2) is 13.7 Å². The number of hydrogen-bond acceptors (Lipinski definition) is 10. The number of phosphoric acid groups is 3. The van der Waals surface area contributed by atoms with Gasteiger partial charge in [0.25, 0.3) is 0 Å². The Hall–Kier alpha value is 0.210. The molecule has 1 aliphatic heterocycles. The second kappa shape index (κ2) is 8.54. The van der Waals surface area contributed by atoms with E-state index in [-0.39, 0.29) is 0 Å². The van der Waals surface area contributed by atoms with Gasteiger partial charge in [0, 0.05) is 0 Å². The fraction of sp³-hybridized carbons (Fsp3) is 1.00. The molecule has 1 rings (SSSR count). The molecule has 0 aliphatic carbocycles. The molecule has 23 heavy (non-hydrogen) atoms. The molecule has 0 aromatic heterocycles. The van der Waals surface area contributed by atoms with Crippen molar-refractivity contribution < 1.29 is 71.9 Å². The van der Waals surface area contributed by atoms with E-state index in [2.05, 4.69) is 13.4 Å². The highest BCUT2D eigenvalue weighted by Gasteiger charge is 2.41. The van der Waals surface area contributed by atoms with E-state index in [1.807, 2.05) is 0 Å². The summed E-state index contributed by atoms with van der Waals surface area (Å²) in [5.41, 5.74) is 0. The lowest BCUT2D eigenvalue weighted by molar-refractivity contribution is -0.132. The maximum absolute atomic E-state index is 10.4. The molecule has 0 amide bonds. The Bertz CT molecular complexity index is 479. The zero-order valence-electron chi connectivity index (χ0n) is 10.8. The van der Waals surface area contributed by atoms with Crippen molar-refractivity contribution in [2.75, 3.05) is 6.61 Å². The molecule has 4 atom stereocenters. The minimum absolute atomic E-state index is 0.407. The van der Waals surface area contributed by atoms with Crippen molar-refractivity contribution in [1.29, 1.82) is 0 Å². The highest BCUT2D eigenvalue weighted by molar-refractivity contribution is 7.66. The summed E-state index contributed by atoms with van der Waals surface area (Å²) >= 11 is 0. The van der Waals surface area contributed by atoms with Crippen LogP contribution in [0.15, 0.2) is 0 Å². The van der Waals surface area contributed by atoms with Crippen LogP contribution in [0.3, 0.4) is 0 Å². The largest absolute Gasteiger partial charge is 0.490 e. The summed E-state index contributed by atoms with van der Waals surface area (Å²) in [4.78, 5) is 40.2. The van der Waals surface area contributed by atoms with Crippen LogP contribution < -0.4 is 0 Å². The van der Waals surface area contributed by atoms with E-state index in [4.69, 9.17) is 44.9 Å². The van der Waals surface area contributed by atoms with Crippen LogP contribution in [-0.4, -0.2) is 76.1 Å². The van der Waals surface area contributed by atoms with Crippen LogP contribution in [-0.2, 0) is 27.1 Å². The van der Waals surface area contributed by atoms with Crippen molar-refractivity contribution in [2.45, 2.75) is 24.6 Å². The van der Waals surface area contributed by atoms with Crippen molar-refractivity contribution in [3.8, 4) is 0 Å². The fourth-order valence-corrected chi connectivity index (χ4v) is 3.70. The third-order valence-electron chi connectivity index (χ3n) is 1.94. The lowest BCUT2D eigenvalue weighted by Crippen LogP contribution is -2.33. The molecule has 0 saturated carbocycles. The number of hydrogen-bond donors (Lipinski definition) is 9. The van der Waals surface area contributed by atoms with Crippen molar-refractivity contribution >= 4 is 23.5 Å². The van der Waals surface area contributed by atoms with Gasteiger partial charge in [-0.15, -0.1) is 0 Å². The molecule has 1 aliphatic rings. The topological polar surface area (TPSA) is 261 Å². The van der Waals surface area contributed by atoms with Gasteiger partial charge in [0.1, 0.15) is 18.3 Å². The van der Waals surface area contributed by atoms with Crippen LogP contribution in [0.4, 0.5) is 0 Å². The second-order valence-electron chi connectivity index (χ2n) is 3.84. The van der Waals surface area contributed by atoms with Crippen molar-refractivity contribution in [3.05, 3.63) is 0 Å². The molecule has 0 unspecified atom stereocenters. The van der Waals surface area contributed by atoms with Crippen LogP contribution in [0, 0.1) is 0 Å². The smallest absolute Gasteiger partial charge is 0.394 e. The SMILES string of the molecule is O=P(O)(O)OP(=O)(O)OP(=O)(O)O.OC[C@H]1O[C@@H](O)[C@H](O)[C@@H]1O. The third-order valence-corrected chi connectivity index (χ3v) is 5.29. The molecule has 0 aromatic carbocycles. The molecular formula is C5H15O15P3. The van der Waals surface area contributed by atoms with E-state index in [0.717, 1.165) is 0 Å². The quantitative estimate of drug-likeness (QED) is 0.202. The third kappa shape index (κ3) is 9.94. The summed E-state index contributed by atoms with van der Waals surface area (Å²) in [5.74, 6) is 0. The Balaban J connectivity index is 0.000000433. The van der Waals surface area contributed by atoms with Crippen LogP contribution in [0.1, 0.15) is 0 Å². The van der Waals surface area contributed by atoms with E-state index in [1.165, 1.54) is 0 Å². The zero-order valence-corrected chi connectivity index (χ0v) is 13.5. The van der Waals surface area contributed by atoms with Crippen LogP contribution in [0.25, 0.3) is 0 Å². The standard InChI is InChI=1S/C5H10O5.H5O10P3/c6-1-2-3(7)4(8)5(9)10-2;1-11(2,3)9-13(7,8)10-12(4,5)6/h2-9H,1H2;(H,7,8)(H2,1,2,3)(H2,4,5,6)/t2-,3-,4-,5-;/m1./s1. The van der Waals surface area contributed by atoms with Crippen molar-refractivity contribution in [3.63, 3.8) is 0 Å². The Kier molecular flexibility index (Phi) is 8.62. The predicted molar refractivity (Wildman–Crippen MR) is 66.1 cm³/mol. The first-order valence-corrected chi connectivity index (χ1v) is 9.80. The highest BCUT2D eigenvalue weighted by Crippen LogP contribution is 2.64. The van der Waals surface area contributed by atoms with E-state index < -0.39 is 54.7 Å². The molecule has 0 aromatic rings. The van der Waals surface area contributed by atoms with Gasteiger partial charge >= 0.3 is 23.5 Å². The first-order chi connectivity index (χ1) is 10.1. The minimum Gasteiger partial charge on any atom is -0.394 e. The molecule has 0 spiro atoms. The molecule has 140 valence electrons. The van der Waals surface area contributed by atoms with E-state index in [0.29, 0.717) is 0 Å². The minimum atomic E-state index is -5.46. The molecule has 0 bridgehead atoms. The highest BCUT2D eigenvalue weighted by atomic mass is 31.3. The first kappa shape index (κ1) is 23.2. The molecule has 1 fully saturated rings. The van der Waals surface area contributed by atoms with Crippen molar-refractivity contribution in [2.24, 2.45) is 0 Å². The Labute approximate surface area is 127 Å². The molecule has 1 heterocycles. The molecule has 1 saturated heterocycles. The number of rotatable bonds is 5. The van der Waals surface area contributed by atoms with E-state index in [9.17, 15) is 13.7 Å². The summed E-state index contributed by atoms with van der Waals surface area (Å²) in [6.45, 7) is -0.407. The molecule has 15 nitrogen and oxygen atoms in total. The van der Waals surface area contributed by atoms with Gasteiger partial charge in [0.2, 0.25) is 0 Å².